The summed E-state index contributed by atoms with van der Waals surface area (Å²) in [6.07, 6.45) is 1.27. The zero-order valence-corrected chi connectivity index (χ0v) is 14.1. The summed E-state index contributed by atoms with van der Waals surface area (Å²) >= 11 is 0. The summed E-state index contributed by atoms with van der Waals surface area (Å²) in [4.78, 5) is 14.4. The van der Waals surface area contributed by atoms with Gasteiger partial charge in [0, 0.05) is 25.2 Å². The molecule has 0 radical (unpaired) electrons. The van der Waals surface area contributed by atoms with Crippen molar-refractivity contribution < 1.29 is 19.4 Å². The van der Waals surface area contributed by atoms with E-state index in [1.807, 2.05) is 25.1 Å². The van der Waals surface area contributed by atoms with E-state index in [4.69, 9.17) is 9.47 Å². The monoisotopic (exact) mass is 322 g/mol. The number of nitrogens with zero attached hydrogens (tertiary/aromatic N) is 1. The maximum Gasteiger partial charge on any atom is 0.256 e. The molecule has 1 heterocycles. The lowest BCUT2D eigenvalue weighted by molar-refractivity contribution is -0.157. The first-order valence-electron chi connectivity index (χ1n) is 7.98. The Morgan fingerprint density at radius 2 is 2.13 bits per heavy atom. The van der Waals surface area contributed by atoms with E-state index in [1.165, 1.54) is 0 Å². The number of benzene rings is 1. The number of piperidine rings is 1. The van der Waals surface area contributed by atoms with Gasteiger partial charge in [-0.05, 0) is 25.5 Å². The standard InChI is InChI=1S/C17H26N2O4/c1-4-18-12-17(21)9-6-10-19(16(17)20)11-13-7-5-8-14(22-2)15(13)23-3/h5,7-8,18,21H,4,6,9-12H2,1-3H3. The maximum atomic E-state index is 12.7. The summed E-state index contributed by atoms with van der Waals surface area (Å²) < 4.78 is 10.7. The van der Waals surface area contributed by atoms with Gasteiger partial charge < -0.3 is 24.8 Å². The molecule has 23 heavy (non-hydrogen) atoms. The average Bonchev–Trinajstić information content (AvgIpc) is 2.57. The van der Waals surface area contributed by atoms with E-state index in [1.54, 1.807) is 19.1 Å². The number of methoxy groups -OCH3 is 2. The van der Waals surface area contributed by atoms with Crippen molar-refractivity contribution in [2.75, 3.05) is 33.9 Å². The Bertz CT molecular complexity index is 549. The van der Waals surface area contributed by atoms with E-state index >= 15 is 0 Å². The van der Waals surface area contributed by atoms with Crippen molar-refractivity contribution >= 4 is 5.91 Å². The fourth-order valence-electron chi connectivity index (χ4n) is 3.00. The van der Waals surface area contributed by atoms with Crippen LogP contribution in [0.3, 0.4) is 0 Å². The van der Waals surface area contributed by atoms with Gasteiger partial charge in [0.2, 0.25) is 0 Å². The molecular formula is C17H26N2O4. The number of aliphatic hydroxyl groups is 1. The molecule has 1 fully saturated rings. The van der Waals surface area contributed by atoms with E-state index in [-0.39, 0.29) is 12.5 Å². The van der Waals surface area contributed by atoms with Crippen LogP contribution >= 0.6 is 0 Å². The van der Waals surface area contributed by atoms with Gasteiger partial charge in [0.05, 0.1) is 14.2 Å². The van der Waals surface area contributed by atoms with Gasteiger partial charge in [-0.15, -0.1) is 0 Å². The number of hydrogen-bond donors (Lipinski definition) is 2. The minimum atomic E-state index is -1.32. The highest BCUT2D eigenvalue weighted by atomic mass is 16.5. The number of ether oxygens (including phenoxy) is 2. The number of likely N-dealkylation sites (N-methyl/N-ethyl adjacent to an activating group) is 1. The second-order valence-electron chi connectivity index (χ2n) is 5.79. The third kappa shape index (κ3) is 3.76. The van der Waals surface area contributed by atoms with Gasteiger partial charge in [0.1, 0.15) is 0 Å². The second-order valence-corrected chi connectivity index (χ2v) is 5.79. The van der Waals surface area contributed by atoms with E-state index in [9.17, 15) is 9.90 Å². The Kier molecular flexibility index (Phi) is 5.85. The van der Waals surface area contributed by atoms with Crippen molar-refractivity contribution in [2.45, 2.75) is 31.9 Å². The molecule has 1 aromatic carbocycles. The van der Waals surface area contributed by atoms with Crippen LogP contribution in [0.1, 0.15) is 25.3 Å². The van der Waals surface area contributed by atoms with Crippen molar-refractivity contribution in [2.24, 2.45) is 0 Å². The highest BCUT2D eigenvalue weighted by Gasteiger charge is 2.41. The lowest BCUT2D eigenvalue weighted by Crippen LogP contribution is -2.57. The van der Waals surface area contributed by atoms with Gasteiger partial charge in [-0.3, -0.25) is 4.79 Å². The van der Waals surface area contributed by atoms with Crippen molar-refractivity contribution in [3.63, 3.8) is 0 Å². The van der Waals surface area contributed by atoms with Crippen LogP contribution in [0.5, 0.6) is 11.5 Å². The van der Waals surface area contributed by atoms with E-state index < -0.39 is 5.60 Å². The zero-order valence-electron chi connectivity index (χ0n) is 14.1. The number of carbonyl (C=O) groups excluding carboxylic acids is 1. The minimum Gasteiger partial charge on any atom is -0.493 e. The molecule has 1 unspecified atom stereocenters. The molecule has 0 bridgehead atoms. The summed E-state index contributed by atoms with van der Waals surface area (Å²) in [6, 6.07) is 5.60. The summed E-state index contributed by atoms with van der Waals surface area (Å²) in [7, 11) is 3.17. The number of hydrogen-bond acceptors (Lipinski definition) is 5. The van der Waals surface area contributed by atoms with E-state index in [2.05, 4.69) is 5.32 Å². The summed E-state index contributed by atoms with van der Waals surface area (Å²) in [5.41, 5.74) is -0.451. The average molecular weight is 322 g/mol. The van der Waals surface area contributed by atoms with Crippen LogP contribution in [0, 0.1) is 0 Å². The summed E-state index contributed by atoms with van der Waals surface area (Å²) in [5, 5.41) is 13.7. The van der Waals surface area contributed by atoms with Gasteiger partial charge in [0.25, 0.3) is 5.91 Å². The molecule has 1 aromatic rings. The Labute approximate surface area is 137 Å². The van der Waals surface area contributed by atoms with Gasteiger partial charge in [-0.2, -0.15) is 0 Å². The second kappa shape index (κ2) is 7.66. The van der Waals surface area contributed by atoms with Crippen molar-refractivity contribution in [1.82, 2.24) is 10.2 Å². The highest BCUT2D eigenvalue weighted by Crippen LogP contribution is 2.33. The zero-order chi connectivity index (χ0) is 16.9. The lowest BCUT2D eigenvalue weighted by atomic mass is 9.91. The van der Waals surface area contributed by atoms with Crippen LogP contribution in [0.4, 0.5) is 0 Å². The number of carbonyl (C=O) groups is 1. The van der Waals surface area contributed by atoms with Crippen LogP contribution in [-0.4, -0.2) is 55.4 Å². The fourth-order valence-corrected chi connectivity index (χ4v) is 3.00. The molecule has 1 saturated heterocycles. The topological polar surface area (TPSA) is 71.0 Å². The molecular weight excluding hydrogens is 296 g/mol. The Morgan fingerprint density at radius 3 is 2.78 bits per heavy atom. The Balaban J connectivity index is 2.18. The number of para-hydroxylation sites is 1. The molecule has 2 rings (SSSR count). The largest absolute Gasteiger partial charge is 0.493 e. The fraction of sp³-hybridized carbons (Fsp3) is 0.588. The lowest BCUT2D eigenvalue weighted by Gasteiger charge is -2.38. The van der Waals surface area contributed by atoms with Crippen molar-refractivity contribution in [3.8, 4) is 11.5 Å². The third-order valence-electron chi connectivity index (χ3n) is 4.22. The van der Waals surface area contributed by atoms with Crippen LogP contribution in [0.25, 0.3) is 0 Å². The quantitative estimate of drug-likeness (QED) is 0.788. The molecule has 2 N–H and O–H groups in total. The molecule has 0 aromatic heterocycles. The minimum absolute atomic E-state index is 0.227. The van der Waals surface area contributed by atoms with Gasteiger partial charge in [-0.25, -0.2) is 0 Å². The molecule has 128 valence electrons. The van der Waals surface area contributed by atoms with Gasteiger partial charge in [-0.1, -0.05) is 19.1 Å². The van der Waals surface area contributed by atoms with Crippen molar-refractivity contribution in [3.05, 3.63) is 23.8 Å². The first-order valence-corrected chi connectivity index (χ1v) is 7.98. The first kappa shape index (κ1) is 17.6. The van der Waals surface area contributed by atoms with Crippen LogP contribution in [0.15, 0.2) is 18.2 Å². The SMILES string of the molecule is CCNCC1(O)CCCN(Cc2cccc(OC)c2OC)C1=O. The molecule has 6 heteroatoms. The van der Waals surface area contributed by atoms with Crippen molar-refractivity contribution in [1.29, 1.82) is 0 Å². The molecule has 1 atom stereocenters. The molecule has 0 aliphatic carbocycles. The van der Waals surface area contributed by atoms with Gasteiger partial charge in [0.15, 0.2) is 17.1 Å². The van der Waals surface area contributed by atoms with E-state index in [0.29, 0.717) is 31.0 Å². The summed E-state index contributed by atoms with van der Waals surface area (Å²) in [5.74, 6) is 1.04. The van der Waals surface area contributed by atoms with Crippen LogP contribution in [-0.2, 0) is 11.3 Å². The molecule has 6 nitrogen and oxygen atoms in total. The predicted octanol–water partition coefficient (Wildman–Crippen LogP) is 1.17. The highest BCUT2D eigenvalue weighted by molar-refractivity contribution is 5.86. The molecule has 0 saturated carbocycles. The number of rotatable bonds is 7. The molecule has 1 aliphatic rings. The number of amides is 1. The predicted molar refractivity (Wildman–Crippen MR) is 87.7 cm³/mol. The normalized spacial score (nSPS) is 21.4. The van der Waals surface area contributed by atoms with Crippen LogP contribution < -0.4 is 14.8 Å². The third-order valence-corrected chi connectivity index (χ3v) is 4.22. The maximum absolute atomic E-state index is 12.7. The van der Waals surface area contributed by atoms with E-state index in [0.717, 1.165) is 18.5 Å². The first-order chi connectivity index (χ1) is 11.1. The molecule has 1 amide bonds. The molecule has 1 aliphatic heterocycles. The number of likely N-dealkylation sites (tertiary alicyclic amines) is 1. The van der Waals surface area contributed by atoms with Gasteiger partial charge >= 0.3 is 0 Å². The number of nitrogens with one attached hydrogen (secondary N) is 1. The van der Waals surface area contributed by atoms with Crippen LogP contribution in [0.2, 0.25) is 0 Å². The Morgan fingerprint density at radius 1 is 1.35 bits per heavy atom. The molecule has 0 spiro atoms. The smallest absolute Gasteiger partial charge is 0.256 e. The summed E-state index contributed by atoms with van der Waals surface area (Å²) in [6.45, 7) is 3.99. The Hall–Kier alpha value is -1.79.